The van der Waals surface area contributed by atoms with E-state index < -0.39 is 17.8 Å². The number of carbonyl (C=O) groups is 2. The first kappa shape index (κ1) is 23.2. The van der Waals surface area contributed by atoms with Crippen LogP contribution in [0.1, 0.15) is 30.4 Å². The minimum atomic E-state index is -0.996. The molecule has 1 aliphatic carbocycles. The molecule has 7 nitrogen and oxygen atoms in total. The average molecular weight is 440 g/mol. The van der Waals surface area contributed by atoms with Gasteiger partial charge in [0.2, 0.25) is 0 Å². The van der Waals surface area contributed by atoms with Crippen molar-refractivity contribution in [2.45, 2.75) is 19.3 Å². The molecule has 0 aromatic heterocycles. The van der Waals surface area contributed by atoms with Crippen LogP contribution in [0.2, 0.25) is 0 Å². The molecule has 0 heterocycles. The van der Waals surface area contributed by atoms with Gasteiger partial charge in [0.15, 0.2) is 17.3 Å². The SMILES string of the molecule is CCOC(=O)C1C(=O)C=C(c2ccc(OC)c(OC)c2)CC1c1c(OC)cccc1OC. The van der Waals surface area contributed by atoms with Gasteiger partial charge in [0, 0.05) is 11.5 Å². The lowest BCUT2D eigenvalue weighted by atomic mass is 9.73. The van der Waals surface area contributed by atoms with Crippen molar-refractivity contribution in [1.82, 2.24) is 0 Å². The lowest BCUT2D eigenvalue weighted by Crippen LogP contribution is -2.34. The van der Waals surface area contributed by atoms with E-state index in [2.05, 4.69) is 0 Å². The summed E-state index contributed by atoms with van der Waals surface area (Å²) in [5.41, 5.74) is 2.24. The first-order valence-corrected chi connectivity index (χ1v) is 10.3. The monoisotopic (exact) mass is 440 g/mol. The number of esters is 1. The zero-order valence-electron chi connectivity index (χ0n) is 19.0. The fourth-order valence-electron chi connectivity index (χ4n) is 4.14. The number of ether oxygens (including phenoxy) is 5. The molecule has 0 saturated heterocycles. The second kappa shape index (κ2) is 10.2. The predicted molar refractivity (Wildman–Crippen MR) is 120 cm³/mol. The van der Waals surface area contributed by atoms with Gasteiger partial charge in [-0.3, -0.25) is 9.59 Å². The van der Waals surface area contributed by atoms with E-state index in [4.69, 9.17) is 23.7 Å². The molecule has 0 N–H and O–H groups in total. The van der Waals surface area contributed by atoms with Gasteiger partial charge in [0.25, 0.3) is 0 Å². The van der Waals surface area contributed by atoms with E-state index in [1.807, 2.05) is 12.1 Å². The molecule has 2 atom stereocenters. The summed E-state index contributed by atoms with van der Waals surface area (Å²) in [4.78, 5) is 26.1. The third kappa shape index (κ3) is 4.42. The molecule has 0 spiro atoms. The second-order valence-electron chi connectivity index (χ2n) is 7.26. The van der Waals surface area contributed by atoms with E-state index in [-0.39, 0.29) is 12.4 Å². The number of hydrogen-bond donors (Lipinski definition) is 0. The summed E-state index contributed by atoms with van der Waals surface area (Å²) < 4.78 is 27.1. The van der Waals surface area contributed by atoms with E-state index in [0.29, 0.717) is 35.0 Å². The van der Waals surface area contributed by atoms with Crippen LogP contribution >= 0.6 is 0 Å². The molecule has 32 heavy (non-hydrogen) atoms. The van der Waals surface area contributed by atoms with Crippen molar-refractivity contribution >= 4 is 17.3 Å². The lowest BCUT2D eigenvalue weighted by molar-refractivity contribution is -0.151. The molecule has 170 valence electrons. The van der Waals surface area contributed by atoms with Crippen LogP contribution in [0, 0.1) is 5.92 Å². The summed E-state index contributed by atoms with van der Waals surface area (Å²) >= 11 is 0. The van der Waals surface area contributed by atoms with Gasteiger partial charge in [0.1, 0.15) is 17.4 Å². The third-order valence-corrected chi connectivity index (χ3v) is 5.60. The first-order valence-electron chi connectivity index (χ1n) is 10.3. The number of rotatable bonds is 8. The molecule has 0 fully saturated rings. The number of hydrogen-bond acceptors (Lipinski definition) is 7. The highest BCUT2D eigenvalue weighted by Gasteiger charge is 2.42. The maximum absolute atomic E-state index is 13.2. The Labute approximate surface area is 187 Å². The van der Waals surface area contributed by atoms with Crippen LogP contribution in [-0.4, -0.2) is 46.8 Å². The Bertz CT molecular complexity index is 1000. The van der Waals surface area contributed by atoms with Crippen LogP contribution in [-0.2, 0) is 14.3 Å². The van der Waals surface area contributed by atoms with Gasteiger partial charge < -0.3 is 23.7 Å². The smallest absolute Gasteiger partial charge is 0.317 e. The second-order valence-corrected chi connectivity index (χ2v) is 7.26. The number of methoxy groups -OCH3 is 4. The molecular formula is C25H28O7. The van der Waals surface area contributed by atoms with Crippen molar-refractivity contribution in [3.63, 3.8) is 0 Å². The number of benzene rings is 2. The molecule has 7 heteroatoms. The normalized spacial score (nSPS) is 17.9. The van der Waals surface area contributed by atoms with E-state index >= 15 is 0 Å². The van der Waals surface area contributed by atoms with Gasteiger partial charge in [-0.15, -0.1) is 0 Å². The van der Waals surface area contributed by atoms with Crippen LogP contribution in [0.15, 0.2) is 42.5 Å². The van der Waals surface area contributed by atoms with Crippen LogP contribution < -0.4 is 18.9 Å². The van der Waals surface area contributed by atoms with Crippen molar-refractivity contribution < 1.29 is 33.3 Å². The fraction of sp³-hybridized carbons (Fsp3) is 0.360. The molecule has 2 aromatic carbocycles. The highest BCUT2D eigenvalue weighted by atomic mass is 16.5. The number of carbonyl (C=O) groups excluding carboxylic acids is 2. The van der Waals surface area contributed by atoms with Crippen molar-refractivity contribution in [3.8, 4) is 23.0 Å². The molecule has 2 unspecified atom stereocenters. The van der Waals surface area contributed by atoms with E-state index in [9.17, 15) is 9.59 Å². The summed E-state index contributed by atoms with van der Waals surface area (Å²) in [5, 5.41) is 0. The van der Waals surface area contributed by atoms with Gasteiger partial charge >= 0.3 is 5.97 Å². The van der Waals surface area contributed by atoms with Crippen LogP contribution in [0.4, 0.5) is 0 Å². The standard InChI is InChI=1S/C25H28O7/c1-6-32-25(27)23-17(24-20(29-3)8-7-9-21(24)30-4)12-16(13-18(23)26)15-10-11-19(28-2)22(14-15)31-5/h7-11,13-14,17,23H,6,12H2,1-5H3. The third-order valence-electron chi connectivity index (χ3n) is 5.60. The van der Waals surface area contributed by atoms with Crippen LogP contribution in [0.3, 0.4) is 0 Å². The van der Waals surface area contributed by atoms with Gasteiger partial charge in [-0.2, -0.15) is 0 Å². The molecule has 0 radical (unpaired) electrons. The molecular weight excluding hydrogens is 412 g/mol. The Morgan fingerprint density at radius 3 is 2.09 bits per heavy atom. The molecule has 1 aliphatic rings. The Morgan fingerprint density at radius 1 is 0.906 bits per heavy atom. The highest BCUT2D eigenvalue weighted by molar-refractivity contribution is 6.11. The lowest BCUT2D eigenvalue weighted by Gasteiger charge is -2.31. The van der Waals surface area contributed by atoms with Crippen LogP contribution in [0.5, 0.6) is 23.0 Å². The van der Waals surface area contributed by atoms with Crippen LogP contribution in [0.25, 0.3) is 5.57 Å². The summed E-state index contributed by atoms with van der Waals surface area (Å²) in [6.45, 7) is 1.90. The molecule has 0 saturated carbocycles. The predicted octanol–water partition coefficient (Wildman–Crippen LogP) is 4.04. The van der Waals surface area contributed by atoms with Gasteiger partial charge in [-0.25, -0.2) is 0 Å². The first-order chi connectivity index (χ1) is 15.5. The molecule has 0 aliphatic heterocycles. The van der Waals surface area contributed by atoms with E-state index in [0.717, 1.165) is 11.1 Å². The molecule has 0 amide bonds. The zero-order valence-corrected chi connectivity index (χ0v) is 19.0. The Morgan fingerprint density at radius 2 is 1.53 bits per heavy atom. The van der Waals surface area contributed by atoms with Crippen molar-refractivity contribution in [1.29, 1.82) is 0 Å². The van der Waals surface area contributed by atoms with Crippen molar-refractivity contribution in [3.05, 3.63) is 53.6 Å². The maximum atomic E-state index is 13.2. The Kier molecular flexibility index (Phi) is 7.41. The van der Waals surface area contributed by atoms with E-state index in [1.54, 1.807) is 59.6 Å². The minimum Gasteiger partial charge on any atom is -0.496 e. The van der Waals surface area contributed by atoms with Gasteiger partial charge in [0.05, 0.1) is 35.0 Å². The maximum Gasteiger partial charge on any atom is 0.317 e. The molecule has 3 rings (SSSR count). The average Bonchev–Trinajstić information content (AvgIpc) is 2.82. The van der Waals surface area contributed by atoms with Gasteiger partial charge in [-0.1, -0.05) is 12.1 Å². The molecule has 2 aromatic rings. The van der Waals surface area contributed by atoms with Crippen molar-refractivity contribution in [2.75, 3.05) is 35.0 Å². The zero-order chi connectivity index (χ0) is 23.3. The van der Waals surface area contributed by atoms with E-state index in [1.165, 1.54) is 6.08 Å². The fourth-order valence-corrected chi connectivity index (χ4v) is 4.14. The Balaban J connectivity index is 2.14. The molecule has 0 bridgehead atoms. The largest absolute Gasteiger partial charge is 0.496 e. The number of ketones is 1. The summed E-state index contributed by atoms with van der Waals surface area (Å²) in [6, 6.07) is 10.9. The quantitative estimate of drug-likeness (QED) is 0.453. The summed E-state index contributed by atoms with van der Waals surface area (Å²) in [5.74, 6) is -0.168. The highest BCUT2D eigenvalue weighted by Crippen LogP contribution is 2.47. The minimum absolute atomic E-state index is 0.185. The summed E-state index contributed by atoms with van der Waals surface area (Å²) in [6.07, 6.45) is 1.92. The summed E-state index contributed by atoms with van der Waals surface area (Å²) in [7, 11) is 6.22. The van der Waals surface area contributed by atoms with Crippen molar-refractivity contribution in [2.24, 2.45) is 5.92 Å². The topological polar surface area (TPSA) is 80.3 Å². The van der Waals surface area contributed by atoms with Gasteiger partial charge in [-0.05, 0) is 54.8 Å². The Hall–Kier alpha value is -3.48. The number of allylic oxidation sites excluding steroid dienone is 2.